The van der Waals surface area contributed by atoms with E-state index in [4.69, 9.17) is 0 Å². The van der Waals surface area contributed by atoms with Crippen LogP contribution in [0.5, 0.6) is 0 Å². The molecule has 0 spiro atoms. The minimum Gasteiger partial charge on any atom is -0.306 e. The highest BCUT2D eigenvalue weighted by Crippen LogP contribution is 2.41. The summed E-state index contributed by atoms with van der Waals surface area (Å²) in [5.74, 6) is -2.48. The number of nitrogens with zero attached hydrogens (tertiary/aromatic N) is 1. The summed E-state index contributed by atoms with van der Waals surface area (Å²) in [4.78, 5) is 17.6. The highest BCUT2D eigenvalue weighted by Gasteiger charge is 2.22. The highest BCUT2D eigenvalue weighted by molar-refractivity contribution is 9.11. The molecule has 0 aliphatic carbocycles. The summed E-state index contributed by atoms with van der Waals surface area (Å²) in [6.07, 6.45) is 1.64. The van der Waals surface area contributed by atoms with Crippen LogP contribution in [0.15, 0.2) is 46.4 Å². The average Bonchev–Trinajstić information content (AvgIpc) is 2.97. The normalized spacial score (nSPS) is 11.5. The van der Waals surface area contributed by atoms with Crippen molar-refractivity contribution in [2.75, 3.05) is 5.32 Å². The molecule has 0 bridgehead atoms. The predicted molar refractivity (Wildman–Crippen MR) is 108 cm³/mol. The molecule has 0 fully saturated rings. The van der Waals surface area contributed by atoms with Gasteiger partial charge in [-0.3, -0.25) is 4.79 Å². The maximum absolute atomic E-state index is 13.7. The largest absolute Gasteiger partial charge is 0.306 e. The molecule has 140 valence electrons. The number of pyridine rings is 1. The standard InChI is InChI=1S/C20H17BrF2N2OS/c1-20(2,3)18-12(9-15(21)27-18)11-7-8-16(24-10-11)25-19(26)17-13(22)5-4-6-14(17)23/h4-10H,1-3H3,(H,24,25,26). The molecular formula is C20H17BrF2N2OS. The van der Waals surface area contributed by atoms with Gasteiger partial charge in [-0.2, -0.15) is 0 Å². The number of thiophene rings is 1. The second kappa shape index (κ2) is 7.48. The molecule has 1 N–H and O–H groups in total. The molecule has 2 aromatic heterocycles. The van der Waals surface area contributed by atoms with Crippen molar-refractivity contribution in [3.63, 3.8) is 0 Å². The molecule has 0 aliphatic rings. The van der Waals surface area contributed by atoms with E-state index in [2.05, 4.69) is 47.0 Å². The van der Waals surface area contributed by atoms with Crippen LogP contribution in [0.3, 0.4) is 0 Å². The third-order valence-electron chi connectivity index (χ3n) is 3.89. The van der Waals surface area contributed by atoms with Crippen molar-refractivity contribution >= 4 is 39.0 Å². The summed E-state index contributed by atoms with van der Waals surface area (Å²) in [7, 11) is 0. The molecule has 3 rings (SSSR count). The molecule has 7 heteroatoms. The van der Waals surface area contributed by atoms with Gasteiger partial charge < -0.3 is 5.32 Å². The Bertz CT molecular complexity index is 974. The first-order valence-corrected chi connectivity index (χ1v) is 9.79. The van der Waals surface area contributed by atoms with Crippen molar-refractivity contribution < 1.29 is 13.6 Å². The van der Waals surface area contributed by atoms with Gasteiger partial charge in [0.05, 0.1) is 3.79 Å². The zero-order chi connectivity index (χ0) is 19.8. The zero-order valence-corrected chi connectivity index (χ0v) is 17.3. The fraction of sp³-hybridized carbons (Fsp3) is 0.200. The van der Waals surface area contributed by atoms with E-state index in [0.717, 1.165) is 27.0 Å². The number of anilines is 1. The SMILES string of the molecule is CC(C)(C)c1sc(Br)cc1-c1ccc(NC(=O)c2c(F)cccc2F)nc1. The number of amides is 1. The lowest BCUT2D eigenvalue weighted by molar-refractivity contribution is 0.101. The lowest BCUT2D eigenvalue weighted by Gasteiger charge is -2.19. The van der Waals surface area contributed by atoms with Gasteiger partial charge in [-0.1, -0.05) is 26.8 Å². The van der Waals surface area contributed by atoms with E-state index >= 15 is 0 Å². The van der Waals surface area contributed by atoms with Gasteiger partial charge in [0.25, 0.3) is 5.91 Å². The van der Waals surface area contributed by atoms with Gasteiger partial charge in [0.15, 0.2) is 0 Å². The molecule has 1 aromatic carbocycles. The maximum atomic E-state index is 13.7. The van der Waals surface area contributed by atoms with Crippen molar-refractivity contribution in [3.8, 4) is 11.1 Å². The molecule has 2 heterocycles. The van der Waals surface area contributed by atoms with E-state index in [1.54, 1.807) is 23.6 Å². The minimum absolute atomic E-state index is 0.0265. The van der Waals surface area contributed by atoms with E-state index in [1.165, 1.54) is 10.9 Å². The molecule has 0 saturated carbocycles. The van der Waals surface area contributed by atoms with Gasteiger partial charge in [-0.15, -0.1) is 11.3 Å². The Morgan fingerprint density at radius 3 is 2.37 bits per heavy atom. The first-order valence-electron chi connectivity index (χ1n) is 8.18. The van der Waals surface area contributed by atoms with Crippen LogP contribution in [-0.4, -0.2) is 10.9 Å². The third kappa shape index (κ3) is 4.25. The molecule has 0 radical (unpaired) electrons. The Balaban J connectivity index is 1.86. The summed E-state index contributed by atoms with van der Waals surface area (Å²) in [5, 5.41) is 2.43. The van der Waals surface area contributed by atoms with Gasteiger partial charge >= 0.3 is 0 Å². The number of hydrogen-bond acceptors (Lipinski definition) is 3. The quantitative estimate of drug-likeness (QED) is 0.501. The highest BCUT2D eigenvalue weighted by atomic mass is 79.9. The molecule has 0 atom stereocenters. The maximum Gasteiger partial charge on any atom is 0.262 e. The smallest absolute Gasteiger partial charge is 0.262 e. The van der Waals surface area contributed by atoms with Crippen LogP contribution in [0, 0.1) is 11.6 Å². The van der Waals surface area contributed by atoms with Gasteiger partial charge in [-0.25, -0.2) is 13.8 Å². The average molecular weight is 451 g/mol. The van der Waals surface area contributed by atoms with Crippen LogP contribution in [0.4, 0.5) is 14.6 Å². The van der Waals surface area contributed by atoms with Crippen LogP contribution in [0.2, 0.25) is 0 Å². The second-order valence-corrected chi connectivity index (χ2v) is 9.46. The fourth-order valence-electron chi connectivity index (χ4n) is 2.65. The minimum atomic E-state index is -0.915. The van der Waals surface area contributed by atoms with Gasteiger partial charge in [0.1, 0.15) is 23.0 Å². The number of benzene rings is 1. The van der Waals surface area contributed by atoms with E-state index in [0.29, 0.717) is 0 Å². The van der Waals surface area contributed by atoms with E-state index in [-0.39, 0.29) is 11.2 Å². The second-order valence-electron chi connectivity index (χ2n) is 7.03. The van der Waals surface area contributed by atoms with Crippen molar-refractivity contribution in [1.29, 1.82) is 0 Å². The molecule has 1 amide bonds. The van der Waals surface area contributed by atoms with Gasteiger partial charge in [-0.05, 0) is 57.2 Å². The van der Waals surface area contributed by atoms with Crippen LogP contribution in [0.25, 0.3) is 11.1 Å². The van der Waals surface area contributed by atoms with E-state index in [9.17, 15) is 13.6 Å². The molecule has 3 nitrogen and oxygen atoms in total. The Morgan fingerprint density at radius 2 is 1.81 bits per heavy atom. The van der Waals surface area contributed by atoms with E-state index in [1.807, 2.05) is 12.1 Å². The summed E-state index contributed by atoms with van der Waals surface area (Å²) in [6.45, 7) is 6.42. The van der Waals surface area contributed by atoms with E-state index < -0.39 is 23.1 Å². The summed E-state index contributed by atoms with van der Waals surface area (Å²) >= 11 is 5.20. The Labute approximate surface area is 168 Å². The summed E-state index contributed by atoms with van der Waals surface area (Å²) in [6, 6.07) is 8.76. The lowest BCUT2D eigenvalue weighted by atomic mass is 9.90. The third-order valence-corrected chi connectivity index (χ3v) is 5.95. The molecule has 0 saturated heterocycles. The number of rotatable bonds is 3. The van der Waals surface area contributed by atoms with Crippen molar-refractivity contribution in [2.45, 2.75) is 26.2 Å². The molecule has 3 aromatic rings. The number of aromatic nitrogens is 1. The number of carbonyl (C=O) groups is 1. The Morgan fingerprint density at radius 1 is 1.15 bits per heavy atom. The first-order chi connectivity index (χ1) is 12.7. The molecular weight excluding hydrogens is 434 g/mol. The molecule has 27 heavy (non-hydrogen) atoms. The predicted octanol–water partition coefficient (Wildman–Crippen LogP) is 6.40. The van der Waals surface area contributed by atoms with Crippen molar-refractivity contribution in [2.24, 2.45) is 0 Å². The Kier molecular flexibility index (Phi) is 5.44. The van der Waals surface area contributed by atoms with Gasteiger partial charge in [0.2, 0.25) is 0 Å². The van der Waals surface area contributed by atoms with Crippen molar-refractivity contribution in [3.05, 3.63) is 68.5 Å². The molecule has 0 aliphatic heterocycles. The topological polar surface area (TPSA) is 42.0 Å². The zero-order valence-electron chi connectivity index (χ0n) is 14.9. The number of hydrogen-bond donors (Lipinski definition) is 1. The monoisotopic (exact) mass is 450 g/mol. The molecule has 0 unspecified atom stereocenters. The summed E-state index contributed by atoms with van der Waals surface area (Å²) < 4.78 is 28.5. The van der Waals surface area contributed by atoms with Crippen LogP contribution >= 0.6 is 27.3 Å². The Hall–Kier alpha value is -2.12. The fourth-order valence-corrected chi connectivity index (χ4v) is 4.33. The lowest BCUT2D eigenvalue weighted by Crippen LogP contribution is -2.16. The summed E-state index contributed by atoms with van der Waals surface area (Å²) in [5.41, 5.74) is 1.31. The van der Waals surface area contributed by atoms with Crippen molar-refractivity contribution in [1.82, 2.24) is 4.98 Å². The number of nitrogens with one attached hydrogen (secondary N) is 1. The van der Waals surface area contributed by atoms with Crippen LogP contribution in [-0.2, 0) is 5.41 Å². The number of carbonyl (C=O) groups excluding carboxylic acids is 1. The van der Waals surface area contributed by atoms with Crippen LogP contribution in [0.1, 0.15) is 36.0 Å². The van der Waals surface area contributed by atoms with Gasteiger partial charge in [0, 0.05) is 16.6 Å². The van der Waals surface area contributed by atoms with Crippen LogP contribution < -0.4 is 5.32 Å². The first kappa shape index (κ1) is 19.6. The number of halogens is 3.